The predicted octanol–water partition coefficient (Wildman–Crippen LogP) is 1.55. The number of aryl methyl sites for hydroxylation is 1. The molecule has 2 aromatic rings. The first kappa shape index (κ1) is 12.9. The Morgan fingerprint density at radius 2 is 2.10 bits per heavy atom. The summed E-state index contributed by atoms with van der Waals surface area (Å²) in [7, 11) is 0. The molecule has 1 aliphatic heterocycles. The zero-order chi connectivity index (χ0) is 14.1. The van der Waals surface area contributed by atoms with Gasteiger partial charge < -0.3 is 15.1 Å². The molecule has 3 rings (SSSR count). The van der Waals surface area contributed by atoms with Crippen LogP contribution in [0.3, 0.4) is 0 Å². The average Bonchev–Trinajstić information content (AvgIpc) is 3.05. The number of benzene rings is 1. The van der Waals surface area contributed by atoms with Crippen LogP contribution in [0.25, 0.3) is 0 Å². The van der Waals surface area contributed by atoms with E-state index in [2.05, 4.69) is 17.1 Å². The topological polar surface area (TPSA) is 72.4 Å². The van der Waals surface area contributed by atoms with E-state index in [4.69, 9.17) is 10.2 Å². The lowest BCUT2D eigenvalue weighted by Gasteiger charge is -2.15. The number of hydrogen-bond acceptors (Lipinski definition) is 4. The molecule has 0 spiro atoms. The second kappa shape index (κ2) is 5.09. The van der Waals surface area contributed by atoms with Crippen LogP contribution in [-0.4, -0.2) is 34.9 Å². The summed E-state index contributed by atoms with van der Waals surface area (Å²) in [6.07, 6.45) is 1.30. The summed E-state index contributed by atoms with van der Waals surface area (Å²) in [6.45, 7) is 2.91. The van der Waals surface area contributed by atoms with Crippen LogP contribution in [0, 0.1) is 6.92 Å². The fourth-order valence-electron chi connectivity index (χ4n) is 2.71. The van der Waals surface area contributed by atoms with Crippen LogP contribution in [0.1, 0.15) is 27.7 Å². The molecule has 5 heteroatoms. The molecule has 2 N–H and O–H groups in total. The molecule has 0 bridgehead atoms. The minimum absolute atomic E-state index is 0.0476. The van der Waals surface area contributed by atoms with Gasteiger partial charge in [-0.2, -0.15) is 0 Å². The van der Waals surface area contributed by atoms with Gasteiger partial charge in [-0.1, -0.05) is 30.3 Å². The van der Waals surface area contributed by atoms with Crippen LogP contribution >= 0.6 is 0 Å². The van der Waals surface area contributed by atoms with Crippen molar-refractivity contribution in [1.29, 1.82) is 0 Å². The van der Waals surface area contributed by atoms with Crippen LogP contribution < -0.4 is 5.73 Å². The third-order valence-corrected chi connectivity index (χ3v) is 3.83. The van der Waals surface area contributed by atoms with Crippen molar-refractivity contribution in [3.63, 3.8) is 0 Å². The Hall–Kier alpha value is -2.14. The first-order chi connectivity index (χ1) is 9.66. The number of aromatic nitrogens is 1. The lowest BCUT2D eigenvalue weighted by molar-refractivity contribution is 0.0782. The molecule has 2 atom stereocenters. The van der Waals surface area contributed by atoms with E-state index in [0.29, 0.717) is 24.5 Å². The van der Waals surface area contributed by atoms with Crippen molar-refractivity contribution in [2.24, 2.45) is 5.73 Å². The van der Waals surface area contributed by atoms with Crippen LogP contribution in [0.5, 0.6) is 0 Å². The van der Waals surface area contributed by atoms with Crippen molar-refractivity contribution >= 4 is 5.91 Å². The van der Waals surface area contributed by atoms with Gasteiger partial charge in [0.2, 0.25) is 0 Å². The third-order valence-electron chi connectivity index (χ3n) is 3.83. The number of hydrogen-bond donors (Lipinski definition) is 1. The number of likely N-dealkylation sites (tertiary alicyclic amines) is 1. The molecule has 1 aromatic heterocycles. The summed E-state index contributed by atoms with van der Waals surface area (Å²) in [5.41, 5.74) is 7.75. The maximum absolute atomic E-state index is 12.4. The molecule has 1 fully saturated rings. The Labute approximate surface area is 117 Å². The molecule has 1 amide bonds. The van der Waals surface area contributed by atoms with Crippen molar-refractivity contribution in [2.45, 2.75) is 18.9 Å². The first-order valence-corrected chi connectivity index (χ1v) is 6.66. The van der Waals surface area contributed by atoms with Crippen molar-refractivity contribution in [1.82, 2.24) is 9.88 Å². The van der Waals surface area contributed by atoms with Crippen molar-refractivity contribution in [2.75, 3.05) is 13.1 Å². The summed E-state index contributed by atoms with van der Waals surface area (Å²) in [4.78, 5) is 18.1. The monoisotopic (exact) mass is 271 g/mol. The molecule has 1 aliphatic rings. The SMILES string of the molecule is Cc1ocnc1C(=O)N1C[C@@H](N)[C@H](c2ccccc2)C1. The highest BCUT2D eigenvalue weighted by molar-refractivity contribution is 5.93. The van der Waals surface area contributed by atoms with E-state index in [-0.39, 0.29) is 17.9 Å². The molecule has 0 saturated carbocycles. The van der Waals surface area contributed by atoms with Gasteiger partial charge in [-0.25, -0.2) is 4.98 Å². The summed E-state index contributed by atoms with van der Waals surface area (Å²) >= 11 is 0. The van der Waals surface area contributed by atoms with Gasteiger partial charge in [0.1, 0.15) is 5.76 Å². The molecule has 0 aliphatic carbocycles. The third kappa shape index (κ3) is 2.20. The lowest BCUT2D eigenvalue weighted by atomic mass is 9.95. The molecular formula is C15H17N3O2. The van der Waals surface area contributed by atoms with Gasteiger partial charge in [0.25, 0.3) is 5.91 Å². The lowest BCUT2D eigenvalue weighted by Crippen LogP contribution is -2.32. The fourth-order valence-corrected chi connectivity index (χ4v) is 2.71. The van der Waals surface area contributed by atoms with Gasteiger partial charge in [0, 0.05) is 25.0 Å². The van der Waals surface area contributed by atoms with Crippen molar-refractivity contribution in [3.05, 3.63) is 53.7 Å². The number of rotatable bonds is 2. The number of amides is 1. The Kier molecular flexibility index (Phi) is 3.28. The largest absolute Gasteiger partial charge is 0.448 e. The molecule has 0 radical (unpaired) electrons. The highest BCUT2D eigenvalue weighted by atomic mass is 16.3. The average molecular weight is 271 g/mol. The maximum atomic E-state index is 12.4. The molecular weight excluding hydrogens is 254 g/mol. The van der Waals surface area contributed by atoms with E-state index < -0.39 is 0 Å². The number of carbonyl (C=O) groups excluding carboxylic acids is 1. The Bertz CT molecular complexity index is 609. The first-order valence-electron chi connectivity index (χ1n) is 6.66. The maximum Gasteiger partial charge on any atom is 0.276 e. The van der Waals surface area contributed by atoms with Crippen molar-refractivity contribution in [3.8, 4) is 0 Å². The number of oxazole rings is 1. The van der Waals surface area contributed by atoms with Gasteiger partial charge >= 0.3 is 0 Å². The normalized spacial score (nSPS) is 22.2. The summed E-state index contributed by atoms with van der Waals surface area (Å²) < 4.78 is 5.09. The van der Waals surface area contributed by atoms with Gasteiger partial charge in [-0.3, -0.25) is 4.79 Å². The number of nitrogens with two attached hydrogens (primary N) is 1. The van der Waals surface area contributed by atoms with E-state index in [1.165, 1.54) is 12.0 Å². The zero-order valence-corrected chi connectivity index (χ0v) is 11.3. The van der Waals surface area contributed by atoms with Gasteiger partial charge in [0.15, 0.2) is 12.1 Å². The standard InChI is InChI=1S/C15H17N3O2/c1-10-14(17-9-20-10)15(19)18-7-12(13(16)8-18)11-5-3-2-4-6-11/h2-6,9,12-13H,7-8,16H2,1H3/t12-,13+/m0/s1. The summed E-state index contributed by atoms with van der Waals surface area (Å²) in [5.74, 6) is 0.615. The smallest absolute Gasteiger partial charge is 0.276 e. The predicted molar refractivity (Wildman–Crippen MR) is 74.3 cm³/mol. The summed E-state index contributed by atoms with van der Waals surface area (Å²) in [6, 6.07) is 10.0. The number of nitrogens with zero attached hydrogens (tertiary/aromatic N) is 2. The van der Waals surface area contributed by atoms with Crippen molar-refractivity contribution < 1.29 is 9.21 Å². The minimum atomic E-state index is -0.106. The van der Waals surface area contributed by atoms with Gasteiger partial charge in [-0.05, 0) is 12.5 Å². The molecule has 0 unspecified atom stereocenters. The zero-order valence-electron chi connectivity index (χ0n) is 11.3. The Morgan fingerprint density at radius 3 is 2.75 bits per heavy atom. The van der Waals surface area contributed by atoms with Gasteiger partial charge in [-0.15, -0.1) is 0 Å². The fraction of sp³-hybridized carbons (Fsp3) is 0.333. The Morgan fingerprint density at radius 1 is 1.35 bits per heavy atom. The molecule has 1 saturated heterocycles. The minimum Gasteiger partial charge on any atom is -0.448 e. The highest BCUT2D eigenvalue weighted by Crippen LogP contribution is 2.27. The second-order valence-electron chi connectivity index (χ2n) is 5.15. The van der Waals surface area contributed by atoms with E-state index in [1.807, 2.05) is 18.2 Å². The van der Waals surface area contributed by atoms with E-state index in [0.717, 1.165) is 0 Å². The van der Waals surface area contributed by atoms with Crippen LogP contribution in [0.15, 0.2) is 41.1 Å². The summed E-state index contributed by atoms with van der Waals surface area (Å²) in [5, 5.41) is 0. The molecule has 5 nitrogen and oxygen atoms in total. The van der Waals surface area contributed by atoms with Crippen LogP contribution in [0.2, 0.25) is 0 Å². The number of carbonyl (C=O) groups is 1. The Balaban J connectivity index is 1.79. The van der Waals surface area contributed by atoms with Crippen LogP contribution in [-0.2, 0) is 0 Å². The van der Waals surface area contributed by atoms with E-state index in [1.54, 1.807) is 11.8 Å². The van der Waals surface area contributed by atoms with E-state index >= 15 is 0 Å². The van der Waals surface area contributed by atoms with Crippen LogP contribution in [0.4, 0.5) is 0 Å². The molecule has 2 heterocycles. The highest BCUT2D eigenvalue weighted by Gasteiger charge is 2.35. The van der Waals surface area contributed by atoms with E-state index in [9.17, 15) is 4.79 Å². The second-order valence-corrected chi connectivity index (χ2v) is 5.15. The molecule has 20 heavy (non-hydrogen) atoms. The van der Waals surface area contributed by atoms with Gasteiger partial charge in [0.05, 0.1) is 0 Å². The quantitative estimate of drug-likeness (QED) is 0.899. The molecule has 104 valence electrons. The molecule has 1 aromatic carbocycles.